The largest absolute Gasteiger partial charge is 0.508 e. The van der Waals surface area contributed by atoms with E-state index in [0.29, 0.717) is 28.7 Å². The molecule has 0 aliphatic heterocycles. The summed E-state index contributed by atoms with van der Waals surface area (Å²) in [6, 6.07) is 12.3. The maximum Gasteiger partial charge on any atom is 0.165 e. The van der Waals surface area contributed by atoms with Crippen molar-refractivity contribution in [3.63, 3.8) is 0 Å². The molecule has 3 aromatic carbocycles. The molecule has 0 atom stereocenters. The molecule has 0 heterocycles. The number of hydrogen-bond acceptors (Lipinski definition) is 10. The number of ketones is 3. The first kappa shape index (κ1) is 34.6. The Kier molecular flexibility index (Phi) is 14.6. The van der Waals surface area contributed by atoms with Crippen molar-refractivity contribution in [1.29, 1.82) is 0 Å². The minimum Gasteiger partial charge on any atom is -0.508 e. The molecule has 0 saturated carbocycles. The Balaban J connectivity index is 0.000000309. The molecule has 0 aliphatic carbocycles. The van der Waals surface area contributed by atoms with E-state index in [0.717, 1.165) is 5.56 Å². The van der Waals surface area contributed by atoms with Gasteiger partial charge in [-0.2, -0.15) is 0 Å². The van der Waals surface area contributed by atoms with Crippen molar-refractivity contribution in [1.82, 2.24) is 0 Å². The minimum atomic E-state index is -0.179. The molecule has 222 valence electrons. The molecule has 0 amide bonds. The molecule has 0 aliphatic rings. The van der Waals surface area contributed by atoms with Gasteiger partial charge in [0.2, 0.25) is 0 Å². The molecular formula is C31H38O10. The maximum atomic E-state index is 11.5. The van der Waals surface area contributed by atoms with Gasteiger partial charge in [-0.1, -0.05) is 6.92 Å². The number of aromatic hydroxyl groups is 3. The summed E-state index contributed by atoms with van der Waals surface area (Å²) >= 11 is 0. The third kappa shape index (κ3) is 10.6. The Labute approximate surface area is 239 Å². The van der Waals surface area contributed by atoms with E-state index >= 15 is 0 Å². The van der Waals surface area contributed by atoms with E-state index in [4.69, 9.17) is 19.7 Å². The van der Waals surface area contributed by atoms with Crippen molar-refractivity contribution in [3.8, 4) is 28.7 Å². The highest BCUT2D eigenvalue weighted by Gasteiger charge is 2.12. The highest BCUT2D eigenvalue weighted by atomic mass is 16.5. The van der Waals surface area contributed by atoms with Gasteiger partial charge in [-0.15, -0.1) is 0 Å². The zero-order valence-electron chi connectivity index (χ0n) is 23.9. The van der Waals surface area contributed by atoms with Crippen LogP contribution in [0.15, 0.2) is 48.5 Å². The fourth-order valence-electron chi connectivity index (χ4n) is 3.44. The molecule has 3 aromatic rings. The van der Waals surface area contributed by atoms with Crippen LogP contribution in [0.1, 0.15) is 68.4 Å². The van der Waals surface area contributed by atoms with Crippen LogP contribution >= 0.6 is 0 Å². The number of Topliss-reactive ketones (excluding diaryl/α,β-unsaturated/α-hetero) is 3. The van der Waals surface area contributed by atoms with Gasteiger partial charge in [0, 0.05) is 36.0 Å². The predicted molar refractivity (Wildman–Crippen MR) is 154 cm³/mol. The number of ether oxygens (including phenoxy) is 2. The molecule has 0 aromatic heterocycles. The Bertz CT molecular complexity index is 1330. The third-order valence-electron chi connectivity index (χ3n) is 5.83. The molecule has 3 rings (SSSR count). The number of methoxy groups -OCH3 is 2. The quantitative estimate of drug-likeness (QED) is 0.218. The Morgan fingerprint density at radius 2 is 1.10 bits per heavy atom. The smallest absolute Gasteiger partial charge is 0.165 e. The zero-order valence-corrected chi connectivity index (χ0v) is 23.9. The molecular weight excluding hydrogens is 532 g/mol. The molecule has 41 heavy (non-hydrogen) atoms. The second-order valence-corrected chi connectivity index (χ2v) is 8.80. The van der Waals surface area contributed by atoms with E-state index in [2.05, 4.69) is 0 Å². The first-order chi connectivity index (χ1) is 19.4. The molecule has 0 fully saturated rings. The van der Waals surface area contributed by atoms with Crippen LogP contribution < -0.4 is 9.47 Å². The second kappa shape index (κ2) is 17.3. The lowest BCUT2D eigenvalue weighted by atomic mass is 10.0. The number of benzene rings is 3. The first-order valence-corrected chi connectivity index (χ1v) is 12.8. The number of phenolic OH excluding ortho intramolecular Hbond substituents is 3. The highest BCUT2D eigenvalue weighted by molar-refractivity contribution is 5.97. The molecule has 0 unspecified atom stereocenters. The summed E-state index contributed by atoms with van der Waals surface area (Å²) in [5.74, 6) is 0.571. The Morgan fingerprint density at radius 3 is 1.59 bits per heavy atom. The lowest BCUT2D eigenvalue weighted by molar-refractivity contribution is 0.0947. The van der Waals surface area contributed by atoms with Crippen LogP contribution in [0.25, 0.3) is 0 Å². The van der Waals surface area contributed by atoms with Gasteiger partial charge in [-0.3, -0.25) is 14.4 Å². The number of phenols is 3. The predicted octanol–water partition coefficient (Wildman–Crippen LogP) is 4.53. The van der Waals surface area contributed by atoms with E-state index in [1.54, 1.807) is 38.1 Å². The van der Waals surface area contributed by atoms with E-state index in [1.807, 2.05) is 6.92 Å². The van der Waals surface area contributed by atoms with Crippen molar-refractivity contribution >= 4 is 17.3 Å². The van der Waals surface area contributed by atoms with Crippen molar-refractivity contribution in [3.05, 3.63) is 76.3 Å². The molecule has 10 nitrogen and oxygen atoms in total. The zero-order chi connectivity index (χ0) is 31.1. The van der Waals surface area contributed by atoms with Crippen LogP contribution in [0.3, 0.4) is 0 Å². The van der Waals surface area contributed by atoms with Crippen LogP contribution in [0.5, 0.6) is 28.7 Å². The van der Waals surface area contributed by atoms with Gasteiger partial charge in [0.1, 0.15) is 5.75 Å². The summed E-state index contributed by atoms with van der Waals surface area (Å²) in [6.45, 7) is 4.93. The maximum absolute atomic E-state index is 11.5. The van der Waals surface area contributed by atoms with Gasteiger partial charge in [0.15, 0.2) is 40.3 Å². The molecule has 5 N–H and O–H groups in total. The van der Waals surface area contributed by atoms with Gasteiger partial charge in [-0.25, -0.2) is 0 Å². The number of carbonyl (C=O) groups excluding carboxylic acids is 3. The molecule has 0 saturated heterocycles. The summed E-state index contributed by atoms with van der Waals surface area (Å²) in [5.41, 5.74) is 2.86. The van der Waals surface area contributed by atoms with Crippen LogP contribution in [-0.2, 0) is 0 Å². The van der Waals surface area contributed by atoms with Gasteiger partial charge in [0.25, 0.3) is 0 Å². The fraction of sp³-hybridized carbons (Fsp3) is 0.323. The Hall–Kier alpha value is -4.41. The van der Waals surface area contributed by atoms with Crippen molar-refractivity contribution in [2.75, 3.05) is 27.4 Å². The summed E-state index contributed by atoms with van der Waals surface area (Å²) in [5, 5.41) is 45.2. The summed E-state index contributed by atoms with van der Waals surface area (Å²) in [6.07, 6.45) is 0.658. The summed E-state index contributed by atoms with van der Waals surface area (Å²) < 4.78 is 9.78. The van der Waals surface area contributed by atoms with Gasteiger partial charge in [-0.05, 0) is 73.5 Å². The van der Waals surface area contributed by atoms with Gasteiger partial charge < -0.3 is 35.0 Å². The average molecular weight is 571 g/mol. The van der Waals surface area contributed by atoms with Gasteiger partial charge >= 0.3 is 0 Å². The third-order valence-corrected chi connectivity index (χ3v) is 5.83. The number of carbonyl (C=O) groups is 3. The topological polar surface area (TPSA) is 171 Å². The monoisotopic (exact) mass is 570 g/mol. The lowest BCUT2D eigenvalue weighted by Gasteiger charge is -2.08. The van der Waals surface area contributed by atoms with Gasteiger partial charge in [0.05, 0.1) is 27.4 Å². The minimum absolute atomic E-state index is 0.00644. The number of aryl methyl sites for hydroxylation is 2. The summed E-state index contributed by atoms with van der Waals surface area (Å²) in [7, 11) is 2.84. The van der Waals surface area contributed by atoms with E-state index in [1.165, 1.54) is 38.5 Å². The number of rotatable bonds is 10. The standard InChI is InChI=1S/C11H14O4.C10H12O4.C10H12O2/c1-7-5-8(9(13)3-4-12)6-10(15-2)11(7)14;1-14-10-6-7(2-3-9(10)13)8(12)4-5-11;1-3-9(11)8-4-5-10(12)7(2)6-8/h5-6,12,14H,3-4H2,1-2H3;2-3,6,11,13H,4-5H2,1H3;4-6,12H,3H2,1-2H3. The molecule has 0 bridgehead atoms. The van der Waals surface area contributed by atoms with E-state index < -0.39 is 0 Å². The summed E-state index contributed by atoms with van der Waals surface area (Å²) in [4.78, 5) is 34.0. The van der Waals surface area contributed by atoms with Crippen LogP contribution in [0.4, 0.5) is 0 Å². The van der Waals surface area contributed by atoms with E-state index in [9.17, 15) is 29.7 Å². The number of aliphatic hydroxyl groups is 2. The SMILES string of the molecule is CCC(=O)c1ccc(O)c(C)c1.COc1cc(C(=O)CCO)cc(C)c1O.COc1cc(C(=O)CCO)ccc1O. The second-order valence-electron chi connectivity index (χ2n) is 8.80. The average Bonchev–Trinajstić information content (AvgIpc) is 2.96. The number of aliphatic hydroxyl groups excluding tert-OH is 2. The lowest BCUT2D eigenvalue weighted by Crippen LogP contribution is -2.02. The highest BCUT2D eigenvalue weighted by Crippen LogP contribution is 2.31. The molecule has 10 heteroatoms. The fourth-order valence-corrected chi connectivity index (χ4v) is 3.44. The number of hydrogen-bond donors (Lipinski definition) is 5. The molecule has 0 spiro atoms. The van der Waals surface area contributed by atoms with E-state index in [-0.39, 0.29) is 72.2 Å². The normalized spacial score (nSPS) is 9.93. The van der Waals surface area contributed by atoms with Crippen molar-refractivity contribution < 1.29 is 49.4 Å². The van der Waals surface area contributed by atoms with Crippen LogP contribution in [0.2, 0.25) is 0 Å². The van der Waals surface area contributed by atoms with Crippen molar-refractivity contribution in [2.24, 2.45) is 0 Å². The van der Waals surface area contributed by atoms with Crippen LogP contribution in [0, 0.1) is 13.8 Å². The molecule has 0 radical (unpaired) electrons. The van der Waals surface area contributed by atoms with Crippen LogP contribution in [-0.4, -0.2) is 70.3 Å². The van der Waals surface area contributed by atoms with Crippen molar-refractivity contribution in [2.45, 2.75) is 40.0 Å². The Morgan fingerprint density at radius 1 is 0.634 bits per heavy atom. The first-order valence-electron chi connectivity index (χ1n) is 12.8.